The molecule has 192 valence electrons. The Balaban J connectivity index is 1.59. The zero-order valence-corrected chi connectivity index (χ0v) is 21.8. The molecule has 0 aliphatic carbocycles. The lowest BCUT2D eigenvalue weighted by Gasteiger charge is -2.48. The Morgan fingerprint density at radius 2 is 1.76 bits per heavy atom. The number of ketones is 1. The smallest absolute Gasteiger partial charge is 0.235 e. The van der Waals surface area contributed by atoms with E-state index < -0.39 is 17.4 Å². The zero-order chi connectivity index (χ0) is 26.9. The molecule has 7 heteroatoms. The number of hydrogen-bond acceptors (Lipinski definition) is 4. The summed E-state index contributed by atoms with van der Waals surface area (Å²) in [5.41, 5.74) is 2.54. The third-order valence-corrected chi connectivity index (χ3v) is 7.47. The van der Waals surface area contributed by atoms with E-state index in [1.165, 1.54) is 4.90 Å². The van der Waals surface area contributed by atoms with E-state index in [1.54, 1.807) is 23.9 Å². The Labute approximate surface area is 222 Å². The van der Waals surface area contributed by atoms with Crippen molar-refractivity contribution in [3.05, 3.63) is 108 Å². The van der Waals surface area contributed by atoms with Crippen LogP contribution in [0.1, 0.15) is 36.0 Å². The lowest BCUT2D eigenvalue weighted by molar-refractivity contribution is -0.137. The van der Waals surface area contributed by atoms with E-state index in [1.807, 2.05) is 99.0 Å². The van der Waals surface area contributed by atoms with Crippen LogP contribution in [0, 0.1) is 11.3 Å². The van der Waals surface area contributed by atoms with Crippen molar-refractivity contribution in [2.24, 2.45) is 13.0 Å². The monoisotopic (exact) mass is 505 g/mol. The van der Waals surface area contributed by atoms with E-state index in [4.69, 9.17) is 5.41 Å². The van der Waals surface area contributed by atoms with E-state index in [-0.39, 0.29) is 24.1 Å². The summed E-state index contributed by atoms with van der Waals surface area (Å²) < 4.78 is 1.76. The van der Waals surface area contributed by atoms with Crippen LogP contribution >= 0.6 is 0 Å². The molecule has 3 aromatic carbocycles. The van der Waals surface area contributed by atoms with Crippen molar-refractivity contribution in [3.8, 4) is 0 Å². The van der Waals surface area contributed by atoms with Crippen molar-refractivity contribution in [2.75, 3.05) is 7.05 Å². The molecule has 1 saturated heterocycles. The number of rotatable bonds is 7. The van der Waals surface area contributed by atoms with Gasteiger partial charge in [0.2, 0.25) is 5.91 Å². The maximum absolute atomic E-state index is 14.0. The highest BCUT2D eigenvalue weighted by Crippen LogP contribution is 2.44. The molecule has 1 aromatic heterocycles. The molecule has 3 atom stereocenters. The molecular weight excluding hydrogens is 474 g/mol. The van der Waals surface area contributed by atoms with Crippen LogP contribution in [0.5, 0.6) is 0 Å². The van der Waals surface area contributed by atoms with E-state index in [2.05, 4.69) is 10.4 Å². The molecule has 0 spiro atoms. The minimum absolute atomic E-state index is 0.0250. The highest BCUT2D eigenvalue weighted by molar-refractivity contribution is 6.02. The molecule has 0 radical (unpaired) electrons. The van der Waals surface area contributed by atoms with E-state index in [9.17, 15) is 9.59 Å². The highest BCUT2D eigenvalue weighted by Gasteiger charge is 2.51. The molecule has 38 heavy (non-hydrogen) atoms. The number of carbonyl (C=O) groups excluding carboxylic acids is 2. The molecule has 7 nitrogen and oxygen atoms in total. The predicted molar refractivity (Wildman–Crippen MR) is 149 cm³/mol. The van der Waals surface area contributed by atoms with Gasteiger partial charge in [0.15, 0.2) is 11.7 Å². The average Bonchev–Trinajstić information content (AvgIpc) is 3.30. The van der Waals surface area contributed by atoms with Crippen molar-refractivity contribution >= 4 is 34.6 Å². The van der Waals surface area contributed by atoms with Gasteiger partial charge in [-0.15, -0.1) is 0 Å². The van der Waals surface area contributed by atoms with Gasteiger partial charge in [-0.3, -0.25) is 24.6 Å². The van der Waals surface area contributed by atoms with Gasteiger partial charge >= 0.3 is 0 Å². The molecule has 0 bridgehead atoms. The lowest BCUT2D eigenvalue weighted by atomic mass is 9.67. The minimum Gasteiger partial charge on any atom is -0.346 e. The topological polar surface area (TPSA) is 91.1 Å². The van der Waals surface area contributed by atoms with E-state index >= 15 is 0 Å². The van der Waals surface area contributed by atoms with Gasteiger partial charge in [-0.05, 0) is 35.8 Å². The molecule has 1 fully saturated rings. The third kappa shape index (κ3) is 4.75. The van der Waals surface area contributed by atoms with Gasteiger partial charge in [0, 0.05) is 38.0 Å². The van der Waals surface area contributed by atoms with Gasteiger partial charge in [-0.2, -0.15) is 5.10 Å². The number of nitrogens with zero attached hydrogens (tertiary/aromatic N) is 3. The lowest BCUT2D eigenvalue weighted by Crippen LogP contribution is -2.65. The van der Waals surface area contributed by atoms with Gasteiger partial charge in [0.05, 0.1) is 17.0 Å². The summed E-state index contributed by atoms with van der Waals surface area (Å²) >= 11 is 0. The molecule has 4 aromatic rings. The number of nitrogens with one attached hydrogen (secondary N) is 2. The van der Waals surface area contributed by atoms with Crippen LogP contribution in [0.4, 0.5) is 0 Å². The van der Waals surface area contributed by atoms with Crippen molar-refractivity contribution in [2.45, 2.75) is 24.8 Å². The van der Waals surface area contributed by atoms with Crippen LogP contribution in [0.2, 0.25) is 0 Å². The standard InChI is InChI=1S/C31H31N5O2/c1-31(24-16-15-23-20-35(2)34-27(23)18-24)28(29(38)36(3)30(32)33-31)26(22-12-8-5-9-13-22)19-25(37)17-14-21-10-6-4-7-11-21/h4-18,20,26,28H,19H2,1-3H3,(H2,32,33)/b17-14+. The Kier molecular flexibility index (Phi) is 6.68. The van der Waals surface area contributed by atoms with Crippen LogP contribution in [-0.2, 0) is 22.2 Å². The van der Waals surface area contributed by atoms with E-state index in [0.717, 1.165) is 27.6 Å². The number of allylic oxidation sites excluding steroid dienone is 1. The predicted octanol–water partition coefficient (Wildman–Crippen LogP) is 4.86. The first-order valence-corrected chi connectivity index (χ1v) is 12.7. The summed E-state index contributed by atoms with van der Waals surface area (Å²) in [7, 11) is 3.47. The highest BCUT2D eigenvalue weighted by atomic mass is 16.2. The Bertz CT molecular complexity index is 1530. The van der Waals surface area contributed by atoms with Gasteiger partial charge in [-0.25, -0.2) is 0 Å². The van der Waals surface area contributed by atoms with Crippen molar-refractivity contribution in [1.82, 2.24) is 20.0 Å². The fraction of sp³-hybridized carbons (Fsp3) is 0.226. The number of carbonyl (C=O) groups is 2. The maximum atomic E-state index is 14.0. The van der Waals surface area contributed by atoms with Gasteiger partial charge in [-0.1, -0.05) is 78.9 Å². The largest absolute Gasteiger partial charge is 0.346 e. The van der Waals surface area contributed by atoms with Gasteiger partial charge < -0.3 is 5.32 Å². The summed E-state index contributed by atoms with van der Waals surface area (Å²) in [6, 6.07) is 25.3. The van der Waals surface area contributed by atoms with Crippen LogP contribution in [0.3, 0.4) is 0 Å². The minimum atomic E-state index is -0.948. The SMILES string of the molecule is CN1C(=N)NC(C)(c2ccc3cn(C)nc3c2)C(C(CC(=O)/C=C/c2ccccc2)c2ccccc2)C1=O. The maximum Gasteiger partial charge on any atom is 0.235 e. The molecular formula is C31H31N5O2. The molecule has 1 aliphatic rings. The molecule has 1 aliphatic heterocycles. The van der Waals surface area contributed by atoms with Gasteiger partial charge in [0.25, 0.3) is 0 Å². The quantitative estimate of drug-likeness (QED) is 0.351. The van der Waals surface area contributed by atoms with Crippen LogP contribution in [0.15, 0.2) is 91.1 Å². The van der Waals surface area contributed by atoms with E-state index in [0.29, 0.717) is 0 Å². The summed E-state index contributed by atoms with van der Waals surface area (Å²) in [6.07, 6.45) is 5.49. The number of aryl methyl sites for hydroxylation is 1. The second-order valence-corrected chi connectivity index (χ2v) is 10.1. The number of aromatic nitrogens is 2. The fourth-order valence-corrected chi connectivity index (χ4v) is 5.43. The third-order valence-electron chi connectivity index (χ3n) is 7.47. The fourth-order valence-electron chi connectivity index (χ4n) is 5.43. The molecule has 2 N–H and O–H groups in total. The normalized spacial score (nSPS) is 20.6. The first-order valence-electron chi connectivity index (χ1n) is 12.7. The Morgan fingerprint density at radius 1 is 1.08 bits per heavy atom. The van der Waals surface area contributed by atoms with Crippen molar-refractivity contribution in [3.63, 3.8) is 0 Å². The van der Waals surface area contributed by atoms with Crippen LogP contribution < -0.4 is 5.32 Å². The Morgan fingerprint density at radius 3 is 2.47 bits per heavy atom. The molecule has 1 amide bonds. The molecule has 5 rings (SSSR count). The summed E-state index contributed by atoms with van der Waals surface area (Å²) in [5, 5.41) is 17.4. The van der Waals surface area contributed by atoms with Crippen molar-refractivity contribution in [1.29, 1.82) is 5.41 Å². The number of hydrogen-bond donors (Lipinski definition) is 2. The summed E-state index contributed by atoms with van der Waals surface area (Å²) in [4.78, 5) is 28.6. The number of guanidine groups is 1. The average molecular weight is 506 g/mol. The molecule has 2 heterocycles. The molecule has 3 unspecified atom stereocenters. The summed E-state index contributed by atoms with van der Waals surface area (Å²) in [6.45, 7) is 1.95. The van der Waals surface area contributed by atoms with Crippen molar-refractivity contribution < 1.29 is 9.59 Å². The first kappa shape index (κ1) is 25.1. The zero-order valence-electron chi connectivity index (χ0n) is 21.8. The Hall–Kier alpha value is -4.52. The number of amides is 1. The first-order chi connectivity index (χ1) is 18.3. The number of fused-ring (bicyclic) bond motifs is 1. The second kappa shape index (κ2) is 10.1. The van der Waals surface area contributed by atoms with Gasteiger partial charge in [0.1, 0.15) is 0 Å². The van der Waals surface area contributed by atoms with Crippen LogP contribution in [0.25, 0.3) is 17.0 Å². The molecule has 0 saturated carbocycles. The summed E-state index contributed by atoms with van der Waals surface area (Å²) in [5.74, 6) is -1.33. The van der Waals surface area contributed by atoms with Crippen LogP contribution in [-0.4, -0.2) is 39.4 Å². The number of benzene rings is 3. The second-order valence-electron chi connectivity index (χ2n) is 10.1.